The van der Waals surface area contributed by atoms with Crippen molar-refractivity contribution in [2.75, 3.05) is 17.7 Å². The van der Waals surface area contributed by atoms with Gasteiger partial charge in [0, 0.05) is 5.69 Å². The Labute approximate surface area is 173 Å². The first-order chi connectivity index (χ1) is 14.0. The van der Waals surface area contributed by atoms with E-state index in [0.717, 1.165) is 22.6 Å². The lowest BCUT2D eigenvalue weighted by Crippen LogP contribution is -2.13. The van der Waals surface area contributed by atoms with Crippen molar-refractivity contribution in [3.05, 3.63) is 59.5 Å². The molecule has 0 bridgehead atoms. The largest absolute Gasteiger partial charge is 0.494 e. The van der Waals surface area contributed by atoms with Gasteiger partial charge < -0.3 is 19.2 Å². The Hall–Kier alpha value is -3.00. The summed E-state index contributed by atoms with van der Waals surface area (Å²) < 4.78 is 16.7. The van der Waals surface area contributed by atoms with Crippen molar-refractivity contribution in [2.45, 2.75) is 32.6 Å². The van der Waals surface area contributed by atoms with Crippen molar-refractivity contribution in [3.8, 4) is 11.5 Å². The van der Waals surface area contributed by atoms with Crippen molar-refractivity contribution in [1.82, 2.24) is 10.2 Å². The number of anilines is 1. The molecule has 2 aromatic carbocycles. The highest BCUT2D eigenvalue weighted by molar-refractivity contribution is 7.99. The molecule has 0 spiro atoms. The molecule has 0 aliphatic heterocycles. The van der Waals surface area contributed by atoms with Crippen LogP contribution in [-0.4, -0.2) is 28.5 Å². The summed E-state index contributed by atoms with van der Waals surface area (Å²) in [6.45, 7) is 6.73. The van der Waals surface area contributed by atoms with Crippen LogP contribution in [-0.2, 0) is 11.4 Å². The second-order valence-electron chi connectivity index (χ2n) is 6.24. The van der Waals surface area contributed by atoms with Crippen LogP contribution in [0.3, 0.4) is 0 Å². The molecular weight excluding hydrogens is 390 g/mol. The molecule has 1 heterocycles. The average Bonchev–Trinajstić information content (AvgIpc) is 3.17. The van der Waals surface area contributed by atoms with Gasteiger partial charge in [-0.2, -0.15) is 0 Å². The van der Waals surface area contributed by atoms with E-state index in [9.17, 15) is 4.79 Å². The first-order valence-electron chi connectivity index (χ1n) is 9.22. The molecular formula is C21H23N3O4S. The second kappa shape index (κ2) is 9.97. The lowest BCUT2D eigenvalue weighted by Gasteiger charge is -2.08. The van der Waals surface area contributed by atoms with Gasteiger partial charge in [0.1, 0.15) is 11.5 Å². The van der Waals surface area contributed by atoms with Crippen LogP contribution in [0.25, 0.3) is 0 Å². The highest BCUT2D eigenvalue weighted by Gasteiger charge is 2.11. The molecule has 0 atom stereocenters. The fourth-order valence-electron chi connectivity index (χ4n) is 2.50. The maximum atomic E-state index is 12.1. The van der Waals surface area contributed by atoms with E-state index >= 15 is 0 Å². The molecule has 1 N–H and O–H groups in total. The molecule has 0 saturated carbocycles. The van der Waals surface area contributed by atoms with E-state index in [1.54, 1.807) is 12.1 Å². The zero-order chi connectivity index (χ0) is 20.6. The van der Waals surface area contributed by atoms with Gasteiger partial charge in [0.2, 0.25) is 5.91 Å². The quantitative estimate of drug-likeness (QED) is 0.521. The van der Waals surface area contributed by atoms with Gasteiger partial charge >= 0.3 is 0 Å². The number of carbonyl (C=O) groups is 1. The average molecular weight is 413 g/mol. The predicted molar refractivity (Wildman–Crippen MR) is 112 cm³/mol. The van der Waals surface area contributed by atoms with E-state index in [0.29, 0.717) is 23.4 Å². The van der Waals surface area contributed by atoms with Crippen LogP contribution in [0.1, 0.15) is 23.9 Å². The fourth-order valence-corrected chi connectivity index (χ4v) is 3.08. The summed E-state index contributed by atoms with van der Waals surface area (Å²) in [6, 6.07) is 13.1. The highest BCUT2D eigenvalue weighted by atomic mass is 32.2. The number of aryl methyl sites for hydroxylation is 1. The van der Waals surface area contributed by atoms with Gasteiger partial charge in [0.15, 0.2) is 6.61 Å². The predicted octanol–water partition coefficient (Wildman–Crippen LogP) is 4.39. The molecule has 0 unspecified atom stereocenters. The minimum absolute atomic E-state index is 0.159. The summed E-state index contributed by atoms with van der Waals surface area (Å²) in [5, 5.41) is 11.1. The Morgan fingerprint density at radius 2 is 1.90 bits per heavy atom. The first kappa shape index (κ1) is 20.7. The number of carbonyl (C=O) groups excluding carboxylic acids is 1. The van der Waals surface area contributed by atoms with Crippen molar-refractivity contribution in [1.29, 1.82) is 0 Å². The normalized spacial score (nSPS) is 10.6. The molecule has 0 radical (unpaired) electrons. The molecule has 0 aliphatic carbocycles. The Balaban J connectivity index is 1.46. The summed E-state index contributed by atoms with van der Waals surface area (Å²) in [6.07, 6.45) is 0. The number of ether oxygens (including phenoxy) is 2. The Morgan fingerprint density at radius 3 is 2.66 bits per heavy atom. The number of thioether (sulfide) groups is 1. The second-order valence-corrected chi connectivity index (χ2v) is 7.17. The van der Waals surface area contributed by atoms with Gasteiger partial charge in [0.25, 0.3) is 11.1 Å². The molecule has 152 valence electrons. The minimum atomic E-state index is -0.162. The Bertz CT molecular complexity index is 957. The van der Waals surface area contributed by atoms with Crippen LogP contribution in [0, 0.1) is 13.8 Å². The molecule has 1 aromatic heterocycles. The highest BCUT2D eigenvalue weighted by Crippen LogP contribution is 2.23. The van der Waals surface area contributed by atoms with Crippen molar-refractivity contribution in [2.24, 2.45) is 0 Å². The summed E-state index contributed by atoms with van der Waals surface area (Å²) in [5.41, 5.74) is 2.93. The zero-order valence-corrected chi connectivity index (χ0v) is 17.4. The number of amides is 1. The summed E-state index contributed by atoms with van der Waals surface area (Å²) in [5.74, 6) is 1.91. The smallest absolute Gasteiger partial charge is 0.277 e. The molecule has 3 rings (SSSR count). The molecule has 29 heavy (non-hydrogen) atoms. The van der Waals surface area contributed by atoms with Crippen LogP contribution >= 0.6 is 11.8 Å². The molecule has 8 heteroatoms. The van der Waals surface area contributed by atoms with E-state index < -0.39 is 0 Å². The third-order valence-electron chi connectivity index (χ3n) is 4.13. The van der Waals surface area contributed by atoms with Gasteiger partial charge in [-0.3, -0.25) is 4.79 Å². The monoisotopic (exact) mass is 413 g/mol. The van der Waals surface area contributed by atoms with Gasteiger partial charge in [-0.25, -0.2) is 0 Å². The lowest BCUT2D eigenvalue weighted by molar-refractivity contribution is -0.113. The van der Waals surface area contributed by atoms with Crippen molar-refractivity contribution >= 4 is 23.4 Å². The van der Waals surface area contributed by atoms with Crippen LogP contribution in [0.5, 0.6) is 11.5 Å². The van der Waals surface area contributed by atoms with Crippen LogP contribution in [0.2, 0.25) is 0 Å². The number of rotatable bonds is 9. The Kier molecular flexibility index (Phi) is 7.13. The minimum Gasteiger partial charge on any atom is -0.494 e. The first-order valence-corrected chi connectivity index (χ1v) is 10.2. The number of nitrogens with zero attached hydrogens (tertiary/aromatic N) is 2. The summed E-state index contributed by atoms with van der Waals surface area (Å²) in [4.78, 5) is 12.1. The number of nitrogens with one attached hydrogen (secondary N) is 1. The third kappa shape index (κ3) is 5.99. The van der Waals surface area contributed by atoms with Gasteiger partial charge in [0.05, 0.1) is 12.4 Å². The molecule has 0 saturated heterocycles. The molecule has 0 aliphatic rings. The van der Waals surface area contributed by atoms with Crippen LogP contribution < -0.4 is 14.8 Å². The molecule has 7 nitrogen and oxygen atoms in total. The van der Waals surface area contributed by atoms with Crippen LogP contribution in [0.4, 0.5) is 5.69 Å². The number of hydrogen-bond donors (Lipinski definition) is 1. The summed E-state index contributed by atoms with van der Waals surface area (Å²) in [7, 11) is 0. The lowest BCUT2D eigenvalue weighted by atomic mass is 10.1. The van der Waals surface area contributed by atoms with Crippen molar-refractivity contribution in [3.63, 3.8) is 0 Å². The van der Waals surface area contributed by atoms with E-state index in [1.165, 1.54) is 11.8 Å². The van der Waals surface area contributed by atoms with Gasteiger partial charge in [-0.1, -0.05) is 23.9 Å². The molecule has 0 fully saturated rings. The maximum Gasteiger partial charge on any atom is 0.277 e. The standard InChI is InChI=1S/C21H23N3O4S/c1-4-26-17-10-8-16(9-11-17)22-19(25)13-29-21-24-23-20(28-21)12-27-18-7-5-6-14(2)15(18)3/h5-11H,4,12-13H2,1-3H3,(H,22,25). The SMILES string of the molecule is CCOc1ccc(NC(=O)CSc2nnc(COc3cccc(C)c3C)o2)cc1. The number of hydrogen-bond acceptors (Lipinski definition) is 7. The molecule has 3 aromatic rings. The third-order valence-corrected chi connectivity index (χ3v) is 4.95. The van der Waals surface area contributed by atoms with E-state index in [4.69, 9.17) is 13.9 Å². The number of aromatic nitrogens is 2. The van der Waals surface area contributed by atoms with E-state index in [-0.39, 0.29) is 18.3 Å². The number of benzene rings is 2. The van der Waals surface area contributed by atoms with Gasteiger partial charge in [-0.05, 0) is 62.2 Å². The van der Waals surface area contributed by atoms with Gasteiger partial charge in [-0.15, -0.1) is 10.2 Å². The van der Waals surface area contributed by atoms with E-state index in [1.807, 2.05) is 51.1 Å². The molecule has 1 amide bonds. The summed E-state index contributed by atoms with van der Waals surface area (Å²) >= 11 is 1.17. The van der Waals surface area contributed by atoms with Crippen molar-refractivity contribution < 1.29 is 18.7 Å². The maximum absolute atomic E-state index is 12.1. The van der Waals surface area contributed by atoms with E-state index in [2.05, 4.69) is 15.5 Å². The zero-order valence-electron chi connectivity index (χ0n) is 16.6. The Morgan fingerprint density at radius 1 is 1.10 bits per heavy atom. The topological polar surface area (TPSA) is 86.5 Å². The fraction of sp³-hybridized carbons (Fsp3) is 0.286. The van der Waals surface area contributed by atoms with Crippen LogP contribution in [0.15, 0.2) is 52.1 Å².